The molecule has 3 amide bonds. The van der Waals surface area contributed by atoms with Crippen LogP contribution in [0.25, 0.3) is 0 Å². The largest absolute Gasteiger partial charge is 0.341 e. The van der Waals surface area contributed by atoms with Gasteiger partial charge in [-0.25, -0.2) is 4.79 Å². The minimum atomic E-state index is 0.0114. The van der Waals surface area contributed by atoms with Crippen LogP contribution in [0.5, 0.6) is 0 Å². The van der Waals surface area contributed by atoms with E-state index in [0.717, 1.165) is 57.7 Å². The third-order valence-electron chi connectivity index (χ3n) is 6.23. The highest BCUT2D eigenvalue weighted by Gasteiger charge is 2.44. The number of amides is 3. The van der Waals surface area contributed by atoms with Crippen molar-refractivity contribution in [2.75, 3.05) is 46.3 Å². The Balaban J connectivity index is 1.56. The van der Waals surface area contributed by atoms with Crippen LogP contribution in [0.1, 0.15) is 30.9 Å². The Hall–Kier alpha value is -2.08. The van der Waals surface area contributed by atoms with Crippen molar-refractivity contribution < 1.29 is 9.59 Å². The first kappa shape index (κ1) is 19.7. The molecule has 2 saturated heterocycles. The number of benzene rings is 1. The van der Waals surface area contributed by atoms with Gasteiger partial charge in [0.2, 0.25) is 5.91 Å². The minimum Gasteiger partial charge on any atom is -0.341 e. The van der Waals surface area contributed by atoms with Gasteiger partial charge in [-0.15, -0.1) is 0 Å². The van der Waals surface area contributed by atoms with E-state index in [9.17, 15) is 9.59 Å². The number of aryl methyl sites for hydroxylation is 1. The summed E-state index contributed by atoms with van der Waals surface area (Å²) in [7, 11) is 1.69. The molecule has 3 rings (SSSR count). The summed E-state index contributed by atoms with van der Waals surface area (Å²) in [5.74, 6) is 0.212. The Morgan fingerprint density at radius 3 is 2.48 bits per heavy atom. The third-order valence-corrected chi connectivity index (χ3v) is 6.23. The first-order chi connectivity index (χ1) is 13.0. The van der Waals surface area contributed by atoms with Crippen LogP contribution in [0.2, 0.25) is 0 Å². The highest BCUT2D eigenvalue weighted by molar-refractivity contribution is 5.79. The first-order valence-corrected chi connectivity index (χ1v) is 10.0. The van der Waals surface area contributed by atoms with E-state index in [1.165, 1.54) is 5.56 Å². The van der Waals surface area contributed by atoms with Gasteiger partial charge in [-0.3, -0.25) is 9.69 Å². The number of hydrogen-bond acceptors (Lipinski definition) is 3. The molecule has 0 aliphatic carbocycles. The molecule has 1 unspecified atom stereocenters. The zero-order chi connectivity index (χ0) is 19.4. The van der Waals surface area contributed by atoms with Crippen LogP contribution in [0.4, 0.5) is 4.79 Å². The summed E-state index contributed by atoms with van der Waals surface area (Å²) < 4.78 is 0. The predicted octanol–water partition coefficient (Wildman–Crippen LogP) is 1.88. The average Bonchev–Trinajstić information content (AvgIpc) is 3.13. The number of nitrogens with one attached hydrogen (secondary N) is 1. The van der Waals surface area contributed by atoms with Gasteiger partial charge >= 0.3 is 6.03 Å². The van der Waals surface area contributed by atoms with E-state index in [1.54, 1.807) is 7.05 Å². The molecule has 0 saturated carbocycles. The topological polar surface area (TPSA) is 55.9 Å². The molecule has 1 atom stereocenters. The second-order valence-electron chi connectivity index (χ2n) is 7.84. The fourth-order valence-corrected chi connectivity index (χ4v) is 4.50. The molecule has 0 aromatic heterocycles. The van der Waals surface area contributed by atoms with Crippen molar-refractivity contribution in [2.24, 2.45) is 0 Å². The lowest BCUT2D eigenvalue weighted by Gasteiger charge is -2.45. The van der Waals surface area contributed by atoms with Gasteiger partial charge in [0.25, 0.3) is 0 Å². The number of nitrogens with zero attached hydrogens (tertiary/aromatic N) is 3. The fraction of sp³-hybridized carbons (Fsp3) is 0.619. The molecule has 27 heavy (non-hydrogen) atoms. The molecule has 6 heteroatoms. The van der Waals surface area contributed by atoms with E-state index in [4.69, 9.17) is 0 Å². The van der Waals surface area contributed by atoms with Crippen LogP contribution in [0.15, 0.2) is 24.3 Å². The Bertz CT molecular complexity index is 685. The maximum absolute atomic E-state index is 12.7. The zero-order valence-electron chi connectivity index (χ0n) is 16.8. The van der Waals surface area contributed by atoms with Gasteiger partial charge in [-0.1, -0.05) is 36.8 Å². The van der Waals surface area contributed by atoms with Crippen LogP contribution < -0.4 is 5.32 Å². The summed E-state index contributed by atoms with van der Waals surface area (Å²) in [5, 5.41) is 2.74. The average molecular weight is 373 g/mol. The van der Waals surface area contributed by atoms with Crippen molar-refractivity contribution in [2.45, 2.75) is 38.6 Å². The molecule has 0 spiro atoms. The van der Waals surface area contributed by atoms with E-state index < -0.39 is 0 Å². The van der Waals surface area contributed by atoms with Gasteiger partial charge < -0.3 is 15.1 Å². The third kappa shape index (κ3) is 4.26. The second-order valence-corrected chi connectivity index (χ2v) is 7.84. The molecular formula is C21H32N4O2. The van der Waals surface area contributed by atoms with Gasteiger partial charge in [0.1, 0.15) is 0 Å². The molecule has 1 aromatic carbocycles. The van der Waals surface area contributed by atoms with Crippen molar-refractivity contribution in [1.82, 2.24) is 20.0 Å². The lowest BCUT2D eigenvalue weighted by atomic mass is 9.92. The maximum Gasteiger partial charge on any atom is 0.317 e. The molecule has 1 aromatic rings. The highest BCUT2D eigenvalue weighted by atomic mass is 16.2. The summed E-state index contributed by atoms with van der Waals surface area (Å²) >= 11 is 0. The number of carbonyl (C=O) groups is 2. The molecular weight excluding hydrogens is 340 g/mol. The van der Waals surface area contributed by atoms with E-state index in [1.807, 2.05) is 21.9 Å². The van der Waals surface area contributed by atoms with Gasteiger partial charge in [0, 0.05) is 51.9 Å². The molecule has 2 aliphatic heterocycles. The van der Waals surface area contributed by atoms with E-state index in [0.29, 0.717) is 6.42 Å². The summed E-state index contributed by atoms with van der Waals surface area (Å²) in [6.07, 6.45) is 2.51. The van der Waals surface area contributed by atoms with E-state index >= 15 is 0 Å². The number of rotatable bonds is 4. The van der Waals surface area contributed by atoms with Crippen molar-refractivity contribution in [3.05, 3.63) is 35.4 Å². The first-order valence-electron chi connectivity index (χ1n) is 10.0. The van der Waals surface area contributed by atoms with Crippen molar-refractivity contribution >= 4 is 11.9 Å². The summed E-state index contributed by atoms with van der Waals surface area (Å²) in [5.41, 5.74) is 2.33. The van der Waals surface area contributed by atoms with Crippen molar-refractivity contribution in [3.63, 3.8) is 0 Å². The standard InChI is InChI=1S/C21H32N4O2/c1-4-21(8-9-24(16-21)20(27)22-3)25-12-10-23(11-13-25)19(26)15-18-7-5-6-17(2)14-18/h5-7,14H,4,8-13,15-16H2,1-3H3,(H,22,27). The number of likely N-dealkylation sites (tertiary alicyclic amines) is 1. The number of piperazine rings is 1. The second kappa shape index (κ2) is 8.30. The summed E-state index contributed by atoms with van der Waals surface area (Å²) in [4.78, 5) is 31.1. The van der Waals surface area contributed by atoms with Crippen LogP contribution in [0, 0.1) is 6.92 Å². The van der Waals surface area contributed by atoms with Crippen LogP contribution in [-0.2, 0) is 11.2 Å². The van der Waals surface area contributed by atoms with Gasteiger partial charge in [0.15, 0.2) is 0 Å². The minimum absolute atomic E-state index is 0.0114. The summed E-state index contributed by atoms with van der Waals surface area (Å²) in [6, 6.07) is 8.20. The lowest BCUT2D eigenvalue weighted by molar-refractivity contribution is -0.133. The number of urea groups is 1. The Labute approximate surface area is 162 Å². The van der Waals surface area contributed by atoms with E-state index in [2.05, 4.69) is 36.2 Å². The molecule has 148 valence electrons. The van der Waals surface area contributed by atoms with Crippen molar-refractivity contribution in [1.29, 1.82) is 0 Å². The predicted molar refractivity (Wildman–Crippen MR) is 107 cm³/mol. The molecule has 6 nitrogen and oxygen atoms in total. The molecule has 2 aliphatic rings. The maximum atomic E-state index is 12.7. The van der Waals surface area contributed by atoms with Crippen molar-refractivity contribution in [3.8, 4) is 0 Å². The number of hydrogen-bond donors (Lipinski definition) is 1. The Morgan fingerprint density at radius 1 is 1.11 bits per heavy atom. The lowest BCUT2D eigenvalue weighted by Crippen LogP contribution is -2.59. The molecule has 2 heterocycles. The molecule has 2 fully saturated rings. The zero-order valence-corrected chi connectivity index (χ0v) is 16.8. The highest BCUT2D eigenvalue weighted by Crippen LogP contribution is 2.32. The normalized spacial score (nSPS) is 23.5. The Kier molecular flexibility index (Phi) is 6.05. The smallest absolute Gasteiger partial charge is 0.317 e. The quantitative estimate of drug-likeness (QED) is 0.878. The summed E-state index contributed by atoms with van der Waals surface area (Å²) in [6.45, 7) is 9.16. The fourth-order valence-electron chi connectivity index (χ4n) is 4.50. The van der Waals surface area contributed by atoms with Gasteiger partial charge in [0.05, 0.1) is 6.42 Å². The molecule has 1 N–H and O–H groups in total. The SMILES string of the molecule is CCC1(N2CCN(C(=O)Cc3cccc(C)c3)CC2)CCN(C(=O)NC)C1. The monoisotopic (exact) mass is 372 g/mol. The van der Waals surface area contributed by atoms with Gasteiger partial charge in [-0.05, 0) is 25.3 Å². The molecule has 0 radical (unpaired) electrons. The van der Waals surface area contributed by atoms with E-state index in [-0.39, 0.29) is 17.5 Å². The Morgan fingerprint density at radius 2 is 1.85 bits per heavy atom. The van der Waals surface area contributed by atoms with Crippen LogP contribution >= 0.6 is 0 Å². The van der Waals surface area contributed by atoms with Crippen LogP contribution in [-0.4, -0.2) is 78.5 Å². The number of carbonyl (C=O) groups excluding carboxylic acids is 2. The van der Waals surface area contributed by atoms with Gasteiger partial charge in [-0.2, -0.15) is 0 Å². The molecule has 0 bridgehead atoms. The van der Waals surface area contributed by atoms with Crippen LogP contribution in [0.3, 0.4) is 0 Å².